The monoisotopic (exact) mass is 535 g/mol. The van der Waals surface area contributed by atoms with Crippen LogP contribution < -0.4 is 11.1 Å². The van der Waals surface area contributed by atoms with Gasteiger partial charge in [0.25, 0.3) is 0 Å². The molecule has 12 heteroatoms. The van der Waals surface area contributed by atoms with Gasteiger partial charge in [0.15, 0.2) is 0 Å². The van der Waals surface area contributed by atoms with Gasteiger partial charge in [-0.2, -0.15) is 13.2 Å². The Morgan fingerprint density at radius 3 is 2.54 bits per heavy atom. The zero-order valence-corrected chi connectivity index (χ0v) is 21.4. The van der Waals surface area contributed by atoms with E-state index in [1.807, 2.05) is 19.9 Å². The topological polar surface area (TPSA) is 134 Å². The van der Waals surface area contributed by atoms with Gasteiger partial charge in [-0.05, 0) is 67.0 Å². The van der Waals surface area contributed by atoms with Gasteiger partial charge in [-0.3, -0.25) is 4.79 Å². The first-order chi connectivity index (χ1) is 17.2. The summed E-state index contributed by atoms with van der Waals surface area (Å²) in [7, 11) is 0. The highest BCUT2D eigenvalue weighted by Crippen LogP contribution is 2.57. The molecule has 2 atom stereocenters. The number of nitrogens with one attached hydrogen (secondary N) is 1. The summed E-state index contributed by atoms with van der Waals surface area (Å²) in [6.45, 7) is 5.59. The number of aliphatic carboxylic acids is 1. The predicted octanol–water partition coefficient (Wildman–Crippen LogP) is 5.31. The lowest BCUT2D eigenvalue weighted by Crippen LogP contribution is -2.51. The number of nitrogens with zero attached hydrogens (tertiary/aromatic N) is 3. The van der Waals surface area contributed by atoms with Crippen molar-refractivity contribution in [3.63, 3.8) is 0 Å². The van der Waals surface area contributed by atoms with Gasteiger partial charge in [0, 0.05) is 24.6 Å². The van der Waals surface area contributed by atoms with Gasteiger partial charge in [-0.1, -0.05) is 13.8 Å². The second-order valence-corrected chi connectivity index (χ2v) is 11.3. The molecule has 1 fully saturated rings. The van der Waals surface area contributed by atoms with E-state index in [2.05, 4.69) is 20.3 Å². The number of hydrogen-bond acceptors (Lipinski definition) is 8. The quantitative estimate of drug-likeness (QED) is 0.334. The number of aromatic nitrogens is 3. The minimum Gasteiger partial charge on any atom is -0.481 e. The molecule has 4 rings (SSSR count). The van der Waals surface area contributed by atoms with E-state index in [1.54, 1.807) is 25.3 Å². The summed E-state index contributed by atoms with van der Waals surface area (Å²) in [6.07, 6.45) is -1.15. The molecular weight excluding hydrogens is 507 g/mol. The van der Waals surface area contributed by atoms with E-state index in [9.17, 15) is 28.2 Å². The predicted molar refractivity (Wildman–Crippen MR) is 133 cm³/mol. The number of halogens is 3. The van der Waals surface area contributed by atoms with Crippen LogP contribution in [0.15, 0.2) is 36.7 Å². The molecule has 198 valence electrons. The first-order valence-corrected chi connectivity index (χ1v) is 12.4. The van der Waals surface area contributed by atoms with Crippen LogP contribution in [0, 0.1) is 10.8 Å². The Balaban J connectivity index is 1.63. The molecule has 0 aliphatic heterocycles. The van der Waals surface area contributed by atoms with E-state index in [-0.39, 0.29) is 25.3 Å². The molecule has 2 heterocycles. The maximum Gasteiger partial charge on any atom is 0.433 e. The summed E-state index contributed by atoms with van der Waals surface area (Å²) >= 11 is 1.28. The number of benzene rings is 1. The zero-order valence-electron chi connectivity index (χ0n) is 20.6. The fraction of sp³-hybridized carbons (Fsp3) is 0.440. The lowest BCUT2D eigenvalue weighted by atomic mass is 9.55. The Morgan fingerprint density at radius 2 is 1.92 bits per heavy atom. The highest BCUT2D eigenvalue weighted by atomic mass is 32.1. The fourth-order valence-electron chi connectivity index (χ4n) is 4.74. The number of anilines is 2. The van der Waals surface area contributed by atoms with Gasteiger partial charge in [0.05, 0.1) is 10.3 Å². The Kier molecular flexibility index (Phi) is 6.80. The smallest absolute Gasteiger partial charge is 0.433 e. The number of carbonyl (C=O) groups is 1. The average Bonchev–Trinajstić information content (AvgIpc) is 3.32. The number of thiazole rings is 1. The fourth-order valence-corrected chi connectivity index (χ4v) is 5.76. The number of rotatable bonds is 6. The van der Waals surface area contributed by atoms with Crippen molar-refractivity contribution in [3.05, 3.63) is 52.9 Å². The second kappa shape index (κ2) is 9.34. The number of carboxylic acids is 1. The number of alkyl halides is 3. The molecular formula is C25H28F3N5O3S. The van der Waals surface area contributed by atoms with E-state index in [0.717, 1.165) is 22.7 Å². The molecule has 0 spiro atoms. The van der Waals surface area contributed by atoms with E-state index < -0.39 is 34.3 Å². The van der Waals surface area contributed by atoms with Crippen LogP contribution in [0.1, 0.15) is 56.3 Å². The second-order valence-electron chi connectivity index (χ2n) is 10.3. The van der Waals surface area contributed by atoms with Crippen LogP contribution in [0.5, 0.6) is 0 Å². The summed E-state index contributed by atoms with van der Waals surface area (Å²) in [4.78, 5) is 24.6. The minimum absolute atomic E-state index is 0.184. The third kappa shape index (κ3) is 5.18. The van der Waals surface area contributed by atoms with E-state index >= 15 is 0 Å². The molecule has 0 bridgehead atoms. The third-order valence-corrected chi connectivity index (χ3v) is 8.60. The molecule has 0 amide bonds. The Morgan fingerprint density at radius 1 is 1.19 bits per heavy atom. The van der Waals surface area contributed by atoms with Crippen LogP contribution in [-0.2, 0) is 23.1 Å². The van der Waals surface area contributed by atoms with Crippen LogP contribution in [0.3, 0.4) is 0 Å². The summed E-state index contributed by atoms with van der Waals surface area (Å²) < 4.78 is 39.1. The first-order valence-electron chi connectivity index (χ1n) is 11.6. The molecule has 3 aromatic rings. The van der Waals surface area contributed by atoms with Crippen molar-refractivity contribution in [2.75, 3.05) is 5.32 Å². The van der Waals surface area contributed by atoms with E-state index in [1.165, 1.54) is 11.3 Å². The molecule has 0 unspecified atom stereocenters. The summed E-state index contributed by atoms with van der Waals surface area (Å²) in [6, 6.07) is 6.04. The Hall–Kier alpha value is -3.09. The standard InChI is InChI=1S/C25H28F3N5O3S/c1-22(2)13-24(36,6-5-23(22,3)20(34)35)19-31-12-17(37-19)15-8-14(11-29)9-16(10-15)32-21-30-7-4-18(33-21)25(26,27)28/h4,7-10,12,36H,5-6,11,13,29H2,1-3H3,(H,34,35)(H,30,32,33)/t23-,24-/m1/s1. The third-order valence-electron chi connectivity index (χ3n) is 7.36. The molecule has 0 saturated heterocycles. The molecule has 5 N–H and O–H groups in total. The van der Waals surface area contributed by atoms with E-state index in [0.29, 0.717) is 22.7 Å². The molecule has 1 aliphatic rings. The van der Waals surface area contributed by atoms with Gasteiger partial charge >= 0.3 is 12.1 Å². The number of carboxylic acid groups (broad SMARTS) is 1. The van der Waals surface area contributed by atoms with Crippen molar-refractivity contribution < 1.29 is 28.2 Å². The number of aliphatic hydroxyl groups is 1. The summed E-state index contributed by atoms with van der Waals surface area (Å²) in [5.74, 6) is -1.09. The molecule has 8 nitrogen and oxygen atoms in total. The van der Waals surface area contributed by atoms with Crippen LogP contribution >= 0.6 is 11.3 Å². The molecule has 1 saturated carbocycles. The normalized spacial score (nSPS) is 23.6. The SMILES string of the molecule is CC1(C)C[C@@](O)(c2ncc(-c3cc(CN)cc(Nc4nccc(C(F)(F)F)n4)c3)s2)CC[C@]1(C)C(=O)O. The molecule has 0 radical (unpaired) electrons. The van der Waals surface area contributed by atoms with Gasteiger partial charge in [0.1, 0.15) is 16.3 Å². The summed E-state index contributed by atoms with van der Waals surface area (Å²) in [5.41, 5.74) is 3.73. The van der Waals surface area contributed by atoms with Gasteiger partial charge in [0.2, 0.25) is 5.95 Å². The van der Waals surface area contributed by atoms with Crippen LogP contribution in [0.25, 0.3) is 10.4 Å². The lowest BCUT2D eigenvalue weighted by Gasteiger charge is -2.50. The molecule has 1 aromatic carbocycles. The average molecular weight is 536 g/mol. The maximum absolute atomic E-state index is 13.0. The van der Waals surface area contributed by atoms with Crippen molar-refractivity contribution in [1.82, 2.24) is 15.0 Å². The van der Waals surface area contributed by atoms with Gasteiger partial charge in [-0.25, -0.2) is 15.0 Å². The maximum atomic E-state index is 13.0. The van der Waals surface area contributed by atoms with Crippen molar-refractivity contribution in [2.45, 2.75) is 58.4 Å². The van der Waals surface area contributed by atoms with Crippen LogP contribution in [0.2, 0.25) is 0 Å². The zero-order chi connectivity index (χ0) is 27.2. The van der Waals surface area contributed by atoms with Crippen LogP contribution in [0.4, 0.5) is 24.8 Å². The molecule has 37 heavy (non-hydrogen) atoms. The highest BCUT2D eigenvalue weighted by Gasteiger charge is 2.56. The number of hydrogen-bond donors (Lipinski definition) is 4. The largest absolute Gasteiger partial charge is 0.481 e. The first kappa shape index (κ1) is 27.0. The number of nitrogens with two attached hydrogens (primary N) is 1. The van der Waals surface area contributed by atoms with Crippen molar-refractivity contribution in [3.8, 4) is 10.4 Å². The van der Waals surface area contributed by atoms with Crippen molar-refractivity contribution in [2.24, 2.45) is 16.6 Å². The highest BCUT2D eigenvalue weighted by molar-refractivity contribution is 7.15. The van der Waals surface area contributed by atoms with E-state index in [4.69, 9.17) is 5.73 Å². The summed E-state index contributed by atoms with van der Waals surface area (Å²) in [5, 5.41) is 24.6. The Bertz CT molecular complexity index is 1330. The lowest BCUT2D eigenvalue weighted by molar-refractivity contribution is -0.170. The minimum atomic E-state index is -4.60. The van der Waals surface area contributed by atoms with Gasteiger partial charge < -0.3 is 21.3 Å². The molecule has 2 aromatic heterocycles. The Labute approximate surface area is 215 Å². The van der Waals surface area contributed by atoms with Crippen molar-refractivity contribution in [1.29, 1.82) is 0 Å². The van der Waals surface area contributed by atoms with Crippen molar-refractivity contribution >= 4 is 28.9 Å². The molecule has 1 aliphatic carbocycles. The van der Waals surface area contributed by atoms with Crippen LogP contribution in [-0.4, -0.2) is 31.1 Å². The van der Waals surface area contributed by atoms with Gasteiger partial charge in [-0.15, -0.1) is 11.3 Å².